The summed E-state index contributed by atoms with van der Waals surface area (Å²) in [7, 11) is 0. The van der Waals surface area contributed by atoms with Gasteiger partial charge < -0.3 is 9.84 Å². The summed E-state index contributed by atoms with van der Waals surface area (Å²) in [6, 6.07) is 5.57. The van der Waals surface area contributed by atoms with Gasteiger partial charge in [-0.15, -0.1) is 0 Å². The van der Waals surface area contributed by atoms with Crippen molar-refractivity contribution in [2.45, 2.75) is 32.8 Å². The highest BCUT2D eigenvalue weighted by Gasteiger charge is 2.11. The first-order chi connectivity index (χ1) is 8.58. The molecule has 0 aromatic heterocycles. The molecule has 0 radical (unpaired) electrons. The number of aliphatic carboxylic acids is 1. The SMILES string of the molecule is CCC(CC)Oc1c(Br)cccc1C=CC(=O)O. The molecule has 0 unspecified atom stereocenters. The van der Waals surface area contributed by atoms with E-state index in [2.05, 4.69) is 29.8 Å². The zero-order valence-corrected chi connectivity index (χ0v) is 12.1. The monoisotopic (exact) mass is 312 g/mol. The molecule has 0 fully saturated rings. The van der Waals surface area contributed by atoms with Crippen molar-refractivity contribution < 1.29 is 14.6 Å². The van der Waals surface area contributed by atoms with Crippen molar-refractivity contribution in [2.24, 2.45) is 0 Å². The lowest BCUT2D eigenvalue weighted by Gasteiger charge is -2.18. The minimum absolute atomic E-state index is 0.140. The summed E-state index contributed by atoms with van der Waals surface area (Å²) in [6.45, 7) is 4.13. The van der Waals surface area contributed by atoms with E-state index in [0.717, 1.165) is 29.0 Å². The van der Waals surface area contributed by atoms with Gasteiger partial charge in [0.05, 0.1) is 10.6 Å². The third-order valence-electron chi connectivity index (χ3n) is 2.60. The molecule has 1 N–H and O–H groups in total. The van der Waals surface area contributed by atoms with Crippen LogP contribution in [0.4, 0.5) is 0 Å². The van der Waals surface area contributed by atoms with Gasteiger partial charge >= 0.3 is 5.97 Å². The molecule has 1 aromatic rings. The van der Waals surface area contributed by atoms with Crippen LogP contribution in [0.2, 0.25) is 0 Å². The Labute approximate surface area is 116 Å². The summed E-state index contributed by atoms with van der Waals surface area (Å²) >= 11 is 3.43. The van der Waals surface area contributed by atoms with E-state index in [1.54, 1.807) is 6.08 Å². The second-order valence-electron chi connectivity index (χ2n) is 3.89. The molecule has 0 saturated heterocycles. The van der Waals surface area contributed by atoms with Crippen LogP contribution in [0.3, 0.4) is 0 Å². The van der Waals surface area contributed by atoms with E-state index >= 15 is 0 Å². The van der Waals surface area contributed by atoms with Crippen molar-refractivity contribution in [1.82, 2.24) is 0 Å². The molecule has 0 heterocycles. The number of carboxylic acids is 1. The lowest BCUT2D eigenvalue weighted by atomic mass is 10.1. The fourth-order valence-electron chi connectivity index (χ4n) is 1.56. The van der Waals surface area contributed by atoms with Gasteiger partial charge in [-0.3, -0.25) is 0 Å². The van der Waals surface area contributed by atoms with Gasteiger partial charge in [0, 0.05) is 11.6 Å². The van der Waals surface area contributed by atoms with Crippen molar-refractivity contribution in [3.63, 3.8) is 0 Å². The molecule has 3 nitrogen and oxygen atoms in total. The maximum atomic E-state index is 10.6. The molecule has 0 saturated carbocycles. The molecule has 1 rings (SSSR count). The molecule has 0 aliphatic heterocycles. The molecule has 0 amide bonds. The van der Waals surface area contributed by atoms with Crippen molar-refractivity contribution in [2.75, 3.05) is 0 Å². The van der Waals surface area contributed by atoms with Gasteiger partial charge in [0.25, 0.3) is 0 Å². The normalized spacial score (nSPS) is 11.1. The first-order valence-electron chi connectivity index (χ1n) is 5.94. The zero-order valence-electron chi connectivity index (χ0n) is 10.5. The third-order valence-corrected chi connectivity index (χ3v) is 3.22. The second kappa shape index (κ2) is 7.21. The van der Waals surface area contributed by atoms with Crippen LogP contribution in [0.5, 0.6) is 5.75 Å². The third kappa shape index (κ3) is 4.18. The summed E-state index contributed by atoms with van der Waals surface area (Å²) in [5, 5.41) is 8.67. The molecule has 0 bridgehead atoms. The predicted octanol–water partition coefficient (Wildman–Crippen LogP) is 4.11. The average Bonchev–Trinajstić information content (AvgIpc) is 2.35. The zero-order chi connectivity index (χ0) is 13.5. The standard InChI is InChI=1S/C14H17BrO3/c1-3-11(4-2)18-14-10(8-9-13(16)17)6-5-7-12(14)15/h5-9,11H,3-4H2,1-2H3,(H,16,17). The molecular weight excluding hydrogens is 296 g/mol. The molecule has 0 aliphatic carbocycles. The number of para-hydroxylation sites is 1. The first kappa shape index (κ1) is 14.8. The van der Waals surface area contributed by atoms with E-state index in [9.17, 15) is 4.79 Å². The summed E-state index contributed by atoms with van der Waals surface area (Å²) < 4.78 is 6.75. The molecule has 1 aromatic carbocycles. The Morgan fingerprint density at radius 3 is 2.67 bits per heavy atom. The topological polar surface area (TPSA) is 46.5 Å². The molecule has 0 atom stereocenters. The largest absolute Gasteiger partial charge is 0.489 e. The highest BCUT2D eigenvalue weighted by Crippen LogP contribution is 2.31. The minimum atomic E-state index is -0.969. The van der Waals surface area contributed by atoms with Crippen LogP contribution in [-0.4, -0.2) is 17.2 Å². The van der Waals surface area contributed by atoms with Crippen LogP contribution < -0.4 is 4.74 Å². The van der Waals surface area contributed by atoms with Crippen LogP contribution in [0.15, 0.2) is 28.7 Å². The Balaban J connectivity index is 3.04. The van der Waals surface area contributed by atoms with Crippen LogP contribution in [0.1, 0.15) is 32.3 Å². The van der Waals surface area contributed by atoms with Crippen LogP contribution >= 0.6 is 15.9 Å². The molecule has 4 heteroatoms. The van der Waals surface area contributed by atoms with Crippen molar-refractivity contribution in [1.29, 1.82) is 0 Å². The number of ether oxygens (including phenoxy) is 1. The fraction of sp³-hybridized carbons (Fsp3) is 0.357. The van der Waals surface area contributed by atoms with E-state index in [0.29, 0.717) is 5.75 Å². The van der Waals surface area contributed by atoms with E-state index in [-0.39, 0.29) is 6.10 Å². The highest BCUT2D eigenvalue weighted by atomic mass is 79.9. The Morgan fingerprint density at radius 2 is 2.11 bits per heavy atom. The number of hydrogen-bond donors (Lipinski definition) is 1. The molecule has 98 valence electrons. The molecule has 0 spiro atoms. The van der Waals surface area contributed by atoms with Crippen molar-refractivity contribution in [3.05, 3.63) is 34.3 Å². The number of hydrogen-bond acceptors (Lipinski definition) is 2. The number of halogens is 1. The van der Waals surface area contributed by atoms with Crippen LogP contribution in [0.25, 0.3) is 6.08 Å². The molecule has 18 heavy (non-hydrogen) atoms. The average molecular weight is 313 g/mol. The maximum Gasteiger partial charge on any atom is 0.328 e. The smallest absolute Gasteiger partial charge is 0.328 e. The maximum absolute atomic E-state index is 10.6. The predicted molar refractivity (Wildman–Crippen MR) is 75.8 cm³/mol. The van der Waals surface area contributed by atoms with Gasteiger partial charge in [-0.2, -0.15) is 0 Å². The Morgan fingerprint density at radius 1 is 1.44 bits per heavy atom. The van der Waals surface area contributed by atoms with Gasteiger partial charge in [-0.25, -0.2) is 4.79 Å². The Bertz CT molecular complexity index is 437. The summed E-state index contributed by atoms with van der Waals surface area (Å²) in [5.41, 5.74) is 0.763. The van der Waals surface area contributed by atoms with E-state index in [1.165, 1.54) is 0 Å². The minimum Gasteiger partial charge on any atom is -0.489 e. The number of rotatable bonds is 6. The van der Waals surface area contributed by atoms with Gasteiger partial charge in [-0.05, 0) is 40.9 Å². The quantitative estimate of drug-likeness (QED) is 0.804. The van der Waals surface area contributed by atoms with E-state index in [1.807, 2.05) is 18.2 Å². The van der Waals surface area contributed by atoms with E-state index < -0.39 is 5.97 Å². The van der Waals surface area contributed by atoms with E-state index in [4.69, 9.17) is 9.84 Å². The summed E-state index contributed by atoms with van der Waals surface area (Å²) in [6.07, 6.45) is 4.63. The Hall–Kier alpha value is -1.29. The molecular formula is C14H17BrO3. The Kier molecular flexibility index (Phi) is 5.92. The lowest BCUT2D eigenvalue weighted by molar-refractivity contribution is -0.131. The van der Waals surface area contributed by atoms with Crippen molar-refractivity contribution >= 4 is 28.0 Å². The van der Waals surface area contributed by atoms with Gasteiger partial charge in [-0.1, -0.05) is 26.0 Å². The first-order valence-corrected chi connectivity index (χ1v) is 6.73. The fourth-order valence-corrected chi connectivity index (χ4v) is 2.04. The van der Waals surface area contributed by atoms with Gasteiger partial charge in [0.2, 0.25) is 0 Å². The number of carboxylic acid groups (broad SMARTS) is 1. The van der Waals surface area contributed by atoms with Crippen LogP contribution in [-0.2, 0) is 4.79 Å². The van der Waals surface area contributed by atoms with Gasteiger partial charge in [0.15, 0.2) is 0 Å². The summed E-state index contributed by atoms with van der Waals surface area (Å²) in [4.78, 5) is 10.6. The second-order valence-corrected chi connectivity index (χ2v) is 4.74. The molecule has 0 aliphatic rings. The lowest BCUT2D eigenvalue weighted by Crippen LogP contribution is -2.14. The number of benzene rings is 1. The van der Waals surface area contributed by atoms with Crippen LogP contribution in [0, 0.1) is 0 Å². The van der Waals surface area contributed by atoms with Crippen molar-refractivity contribution in [3.8, 4) is 5.75 Å². The highest BCUT2D eigenvalue weighted by molar-refractivity contribution is 9.10. The van der Waals surface area contributed by atoms with Gasteiger partial charge in [0.1, 0.15) is 5.75 Å². The number of carbonyl (C=O) groups is 1. The summed E-state index contributed by atoms with van der Waals surface area (Å²) in [5.74, 6) is -0.271.